The van der Waals surface area contributed by atoms with Crippen molar-refractivity contribution in [2.75, 3.05) is 14.2 Å². The predicted octanol–water partition coefficient (Wildman–Crippen LogP) is 3.42. The number of carbonyl (C=O) groups excluding carboxylic acids is 1. The summed E-state index contributed by atoms with van der Waals surface area (Å²) in [5.74, 6) is 0.257. The highest BCUT2D eigenvalue weighted by atomic mass is 79.9. The fourth-order valence-electron chi connectivity index (χ4n) is 2.25. The van der Waals surface area contributed by atoms with Crippen LogP contribution in [0.25, 0.3) is 0 Å². The monoisotopic (exact) mass is 443 g/mol. The van der Waals surface area contributed by atoms with Crippen LogP contribution in [-0.2, 0) is 16.5 Å². The minimum atomic E-state index is -0.486. The van der Waals surface area contributed by atoms with E-state index in [2.05, 4.69) is 36.8 Å². The number of pyridine rings is 1. The summed E-state index contributed by atoms with van der Waals surface area (Å²) in [7, 11) is 2.91. The van der Waals surface area contributed by atoms with Crippen LogP contribution < -0.4 is 10.3 Å². The van der Waals surface area contributed by atoms with Crippen molar-refractivity contribution < 1.29 is 14.3 Å². The van der Waals surface area contributed by atoms with Crippen LogP contribution in [-0.4, -0.2) is 25.2 Å². The van der Waals surface area contributed by atoms with Crippen LogP contribution in [0.1, 0.15) is 27.2 Å². The van der Waals surface area contributed by atoms with E-state index in [-0.39, 0.29) is 5.56 Å². The quantitative estimate of drug-likeness (QED) is 0.566. The largest absolute Gasteiger partial charge is 0.497 e. The summed E-state index contributed by atoms with van der Waals surface area (Å²) in [6, 6.07) is 7.45. The normalized spacial score (nSPS) is 10.4. The highest BCUT2D eigenvalue weighted by molar-refractivity contribution is 9.10. The molecule has 5 nitrogen and oxygen atoms in total. The molecule has 1 heterocycles. The maximum absolute atomic E-state index is 12.2. The maximum atomic E-state index is 12.2. The number of methoxy groups -OCH3 is 2. The molecule has 0 spiro atoms. The molecule has 0 aliphatic carbocycles. The Labute approximate surface area is 150 Å². The summed E-state index contributed by atoms with van der Waals surface area (Å²) in [6.07, 6.45) is 0.416. The third-order valence-corrected chi connectivity index (χ3v) is 4.79. The van der Waals surface area contributed by atoms with Gasteiger partial charge in [-0.1, -0.05) is 28.1 Å². The van der Waals surface area contributed by atoms with E-state index in [0.717, 1.165) is 11.3 Å². The average molecular weight is 445 g/mol. The van der Waals surface area contributed by atoms with E-state index in [4.69, 9.17) is 9.47 Å². The molecule has 2 aromatic rings. The van der Waals surface area contributed by atoms with Gasteiger partial charge in [-0.15, -0.1) is 0 Å². The first-order chi connectivity index (χ1) is 11.0. The van der Waals surface area contributed by atoms with Gasteiger partial charge in [0.1, 0.15) is 5.75 Å². The van der Waals surface area contributed by atoms with E-state index in [1.54, 1.807) is 7.11 Å². The van der Waals surface area contributed by atoms with Gasteiger partial charge in [0.25, 0.3) is 5.56 Å². The number of rotatable bonds is 5. The van der Waals surface area contributed by atoms with Crippen LogP contribution in [0.15, 0.2) is 33.5 Å². The van der Waals surface area contributed by atoms with Crippen LogP contribution in [0.3, 0.4) is 0 Å². The first-order valence-corrected chi connectivity index (χ1v) is 8.64. The van der Waals surface area contributed by atoms with Gasteiger partial charge in [0.05, 0.1) is 24.3 Å². The van der Waals surface area contributed by atoms with Crippen LogP contribution >= 0.6 is 31.9 Å². The SMILES string of the molecule is COC(=O)c1c(CBr)[nH]c(=O)c(Br)c1Cc1ccc(OC)cc1. The Morgan fingerprint density at radius 3 is 2.39 bits per heavy atom. The van der Waals surface area contributed by atoms with Crippen molar-refractivity contribution in [1.82, 2.24) is 4.98 Å². The molecule has 0 saturated heterocycles. The van der Waals surface area contributed by atoms with Crippen LogP contribution in [0, 0.1) is 0 Å². The van der Waals surface area contributed by atoms with E-state index < -0.39 is 5.97 Å². The number of alkyl halides is 1. The number of aromatic amines is 1. The molecule has 1 aromatic carbocycles. The van der Waals surface area contributed by atoms with Crippen molar-refractivity contribution in [3.63, 3.8) is 0 Å². The van der Waals surface area contributed by atoms with E-state index in [9.17, 15) is 9.59 Å². The molecular weight excluding hydrogens is 430 g/mol. The van der Waals surface area contributed by atoms with Gasteiger partial charge in [0, 0.05) is 11.0 Å². The number of halogens is 2. The van der Waals surface area contributed by atoms with E-state index in [0.29, 0.717) is 33.0 Å². The highest BCUT2D eigenvalue weighted by Gasteiger charge is 2.22. The van der Waals surface area contributed by atoms with Crippen LogP contribution in [0.5, 0.6) is 5.75 Å². The van der Waals surface area contributed by atoms with Gasteiger partial charge in [-0.05, 0) is 45.6 Å². The summed E-state index contributed by atoms with van der Waals surface area (Å²) in [5.41, 5.74) is 2.12. The minimum absolute atomic E-state index is 0.282. The summed E-state index contributed by atoms with van der Waals surface area (Å²) in [6.45, 7) is 0. The number of ether oxygens (including phenoxy) is 2. The topological polar surface area (TPSA) is 68.4 Å². The Kier molecular flexibility index (Phi) is 6.01. The molecular formula is C16H15Br2NO4. The van der Waals surface area contributed by atoms with Crippen LogP contribution in [0.2, 0.25) is 0 Å². The van der Waals surface area contributed by atoms with Crippen molar-refractivity contribution >= 4 is 37.8 Å². The Balaban J connectivity index is 2.56. The van der Waals surface area contributed by atoms with Gasteiger partial charge in [0.2, 0.25) is 0 Å². The highest BCUT2D eigenvalue weighted by Crippen LogP contribution is 2.25. The lowest BCUT2D eigenvalue weighted by molar-refractivity contribution is 0.0598. The Hall–Kier alpha value is -1.60. The molecule has 0 saturated carbocycles. The molecule has 7 heteroatoms. The van der Waals surface area contributed by atoms with Crippen molar-refractivity contribution in [1.29, 1.82) is 0 Å². The predicted molar refractivity (Wildman–Crippen MR) is 94.5 cm³/mol. The minimum Gasteiger partial charge on any atom is -0.497 e. The fourth-order valence-corrected chi connectivity index (χ4v) is 3.10. The first kappa shape index (κ1) is 17.7. The third kappa shape index (κ3) is 3.84. The van der Waals surface area contributed by atoms with E-state index >= 15 is 0 Å². The molecule has 122 valence electrons. The first-order valence-electron chi connectivity index (χ1n) is 6.72. The molecule has 0 unspecified atom stereocenters. The smallest absolute Gasteiger partial charge is 0.340 e. The zero-order valence-electron chi connectivity index (χ0n) is 12.6. The Morgan fingerprint density at radius 1 is 1.22 bits per heavy atom. The van der Waals surface area contributed by atoms with Gasteiger partial charge >= 0.3 is 5.97 Å². The van der Waals surface area contributed by atoms with Gasteiger partial charge in [-0.2, -0.15) is 0 Å². The average Bonchev–Trinajstić information content (AvgIpc) is 2.58. The number of aromatic nitrogens is 1. The number of hydrogen-bond donors (Lipinski definition) is 1. The molecule has 0 radical (unpaired) electrons. The Morgan fingerprint density at radius 2 is 1.87 bits per heavy atom. The molecule has 0 aliphatic rings. The van der Waals surface area contributed by atoms with Gasteiger partial charge in [0.15, 0.2) is 0 Å². The number of hydrogen-bond acceptors (Lipinski definition) is 4. The van der Waals surface area contributed by atoms with Crippen molar-refractivity contribution in [3.8, 4) is 5.75 Å². The maximum Gasteiger partial charge on any atom is 0.340 e. The van der Waals surface area contributed by atoms with E-state index in [1.807, 2.05) is 24.3 Å². The number of benzene rings is 1. The van der Waals surface area contributed by atoms with Gasteiger partial charge in [-0.3, -0.25) is 4.79 Å². The lowest BCUT2D eigenvalue weighted by atomic mass is 9.99. The molecule has 0 amide bonds. The second-order valence-corrected chi connectivity index (χ2v) is 6.10. The van der Waals surface area contributed by atoms with Crippen molar-refractivity contribution in [2.24, 2.45) is 0 Å². The number of nitrogens with one attached hydrogen (secondary N) is 1. The number of esters is 1. The van der Waals surface area contributed by atoms with Crippen molar-refractivity contribution in [3.05, 3.63) is 61.5 Å². The zero-order valence-corrected chi connectivity index (χ0v) is 15.8. The summed E-state index contributed by atoms with van der Waals surface area (Å²) >= 11 is 6.58. The van der Waals surface area contributed by atoms with E-state index in [1.165, 1.54) is 7.11 Å². The second kappa shape index (κ2) is 7.79. The molecule has 2 rings (SSSR count). The molecule has 0 bridgehead atoms. The van der Waals surface area contributed by atoms with Crippen molar-refractivity contribution in [2.45, 2.75) is 11.8 Å². The fraction of sp³-hybridized carbons (Fsp3) is 0.250. The molecule has 0 aliphatic heterocycles. The lowest BCUT2D eigenvalue weighted by Crippen LogP contribution is -2.20. The Bertz CT molecular complexity index is 769. The molecule has 1 N–H and O–H groups in total. The summed E-state index contributed by atoms with van der Waals surface area (Å²) in [5, 5.41) is 0.343. The molecule has 23 heavy (non-hydrogen) atoms. The molecule has 0 fully saturated rings. The van der Waals surface area contributed by atoms with Crippen LogP contribution in [0.4, 0.5) is 0 Å². The molecule has 1 aromatic heterocycles. The lowest BCUT2D eigenvalue weighted by Gasteiger charge is -2.14. The van der Waals surface area contributed by atoms with Gasteiger partial charge in [-0.25, -0.2) is 4.79 Å². The zero-order chi connectivity index (χ0) is 17.0. The number of carbonyl (C=O) groups is 1. The summed E-state index contributed by atoms with van der Waals surface area (Å²) in [4.78, 5) is 26.9. The van der Waals surface area contributed by atoms with Gasteiger partial charge < -0.3 is 14.5 Å². The summed E-state index contributed by atoms with van der Waals surface area (Å²) < 4.78 is 10.3. The standard InChI is InChI=1S/C16H15Br2NO4/c1-22-10-5-3-9(4-6-10)7-11-13(16(21)23-2)12(8-17)19-15(20)14(11)18/h3-6H,7-8H2,1-2H3,(H,19,20). The molecule has 0 atom stereocenters. The second-order valence-electron chi connectivity index (χ2n) is 4.75. The third-order valence-electron chi connectivity index (χ3n) is 3.40. The number of H-pyrrole nitrogens is 1.